The van der Waals surface area contributed by atoms with Crippen LogP contribution in [-0.2, 0) is 6.42 Å². The van der Waals surface area contributed by atoms with E-state index in [1.807, 2.05) is 19.1 Å². The van der Waals surface area contributed by atoms with Crippen molar-refractivity contribution >= 4 is 0 Å². The Morgan fingerprint density at radius 2 is 1.89 bits per heavy atom. The summed E-state index contributed by atoms with van der Waals surface area (Å²) in [6.45, 7) is 4.98. The Morgan fingerprint density at radius 1 is 1.22 bits per heavy atom. The van der Waals surface area contributed by atoms with Crippen molar-refractivity contribution in [1.29, 1.82) is 0 Å². The van der Waals surface area contributed by atoms with Crippen LogP contribution in [0.25, 0.3) is 0 Å². The Balaban J connectivity index is 2.16. The van der Waals surface area contributed by atoms with Gasteiger partial charge >= 0.3 is 0 Å². The smallest absolute Gasteiger partial charge is 0.123 e. The molecule has 0 aromatic heterocycles. The zero-order valence-electron chi connectivity index (χ0n) is 11.3. The summed E-state index contributed by atoms with van der Waals surface area (Å²) in [5.41, 5.74) is 1.17. The van der Waals surface area contributed by atoms with Crippen molar-refractivity contribution in [2.75, 3.05) is 6.54 Å². The van der Waals surface area contributed by atoms with Gasteiger partial charge in [0, 0.05) is 6.04 Å². The number of benzene rings is 1. The molecule has 0 saturated heterocycles. The molecule has 3 heteroatoms. The van der Waals surface area contributed by atoms with Gasteiger partial charge in [-0.3, -0.25) is 0 Å². The predicted octanol–water partition coefficient (Wildman–Crippen LogP) is 2.90. The molecule has 0 radical (unpaired) electrons. The van der Waals surface area contributed by atoms with Crippen LogP contribution in [0.3, 0.4) is 0 Å². The molecule has 1 aromatic carbocycles. The van der Waals surface area contributed by atoms with Gasteiger partial charge in [0.05, 0.1) is 6.10 Å². The highest BCUT2D eigenvalue weighted by Crippen LogP contribution is 2.07. The molecule has 18 heavy (non-hydrogen) atoms. The maximum absolute atomic E-state index is 12.7. The van der Waals surface area contributed by atoms with Gasteiger partial charge in [-0.05, 0) is 56.8 Å². The van der Waals surface area contributed by atoms with Gasteiger partial charge in [-0.15, -0.1) is 0 Å². The minimum Gasteiger partial charge on any atom is -0.393 e. The Morgan fingerprint density at radius 3 is 2.50 bits per heavy atom. The van der Waals surface area contributed by atoms with Crippen LogP contribution in [0.2, 0.25) is 0 Å². The van der Waals surface area contributed by atoms with Gasteiger partial charge in [-0.25, -0.2) is 4.39 Å². The van der Waals surface area contributed by atoms with Crippen LogP contribution in [-0.4, -0.2) is 23.8 Å². The van der Waals surface area contributed by atoms with Gasteiger partial charge in [0.2, 0.25) is 0 Å². The first-order valence-electron chi connectivity index (χ1n) is 6.77. The fraction of sp³-hybridized carbons (Fsp3) is 0.600. The number of nitrogens with one attached hydrogen (secondary N) is 1. The molecule has 1 aromatic rings. The summed E-state index contributed by atoms with van der Waals surface area (Å²) >= 11 is 0. The van der Waals surface area contributed by atoms with E-state index in [0.29, 0.717) is 6.04 Å². The molecule has 102 valence electrons. The summed E-state index contributed by atoms with van der Waals surface area (Å²) < 4.78 is 12.7. The van der Waals surface area contributed by atoms with Crippen LogP contribution in [0.5, 0.6) is 0 Å². The van der Waals surface area contributed by atoms with E-state index in [1.165, 1.54) is 17.7 Å². The molecular formula is C15H24FNO. The first-order valence-corrected chi connectivity index (χ1v) is 6.77. The van der Waals surface area contributed by atoms with Crippen molar-refractivity contribution in [3.63, 3.8) is 0 Å². The molecule has 2 nitrogen and oxygen atoms in total. The average molecular weight is 253 g/mol. The lowest BCUT2D eigenvalue weighted by molar-refractivity contribution is 0.158. The first kappa shape index (κ1) is 15.1. The lowest BCUT2D eigenvalue weighted by Crippen LogP contribution is -2.29. The number of halogens is 1. The topological polar surface area (TPSA) is 32.3 Å². The number of aryl methyl sites for hydroxylation is 1. The van der Waals surface area contributed by atoms with Crippen LogP contribution in [0.1, 0.15) is 38.7 Å². The lowest BCUT2D eigenvalue weighted by Gasteiger charge is -2.15. The molecule has 0 spiro atoms. The highest BCUT2D eigenvalue weighted by Gasteiger charge is 2.04. The second-order valence-electron chi connectivity index (χ2n) is 4.87. The molecular weight excluding hydrogens is 229 g/mol. The number of hydrogen-bond acceptors (Lipinski definition) is 2. The van der Waals surface area contributed by atoms with Crippen LogP contribution < -0.4 is 5.32 Å². The molecule has 0 heterocycles. The number of rotatable bonds is 8. The van der Waals surface area contributed by atoms with Gasteiger partial charge in [-0.1, -0.05) is 19.1 Å². The van der Waals surface area contributed by atoms with E-state index in [9.17, 15) is 9.50 Å². The molecule has 0 aliphatic rings. The van der Waals surface area contributed by atoms with E-state index >= 15 is 0 Å². The summed E-state index contributed by atoms with van der Waals surface area (Å²) in [7, 11) is 0. The Labute approximate surface area is 109 Å². The number of aliphatic hydroxyl groups excluding tert-OH is 1. The quantitative estimate of drug-likeness (QED) is 0.746. The molecule has 0 aliphatic heterocycles. The van der Waals surface area contributed by atoms with Crippen LogP contribution in [0.15, 0.2) is 24.3 Å². The molecule has 0 aliphatic carbocycles. The normalized spacial score (nSPS) is 14.4. The van der Waals surface area contributed by atoms with E-state index in [-0.39, 0.29) is 11.9 Å². The third-order valence-corrected chi connectivity index (χ3v) is 3.22. The largest absolute Gasteiger partial charge is 0.393 e. The van der Waals surface area contributed by atoms with Gasteiger partial charge in [0.25, 0.3) is 0 Å². The van der Waals surface area contributed by atoms with Crippen molar-refractivity contribution in [1.82, 2.24) is 5.32 Å². The molecule has 1 rings (SSSR count). The van der Waals surface area contributed by atoms with Crippen LogP contribution in [0.4, 0.5) is 4.39 Å². The molecule has 0 bridgehead atoms. The molecule has 2 unspecified atom stereocenters. The predicted molar refractivity (Wildman–Crippen MR) is 73.1 cm³/mol. The highest BCUT2D eigenvalue weighted by molar-refractivity contribution is 5.16. The molecule has 0 fully saturated rings. The van der Waals surface area contributed by atoms with Crippen molar-refractivity contribution in [2.24, 2.45) is 0 Å². The van der Waals surface area contributed by atoms with Gasteiger partial charge < -0.3 is 10.4 Å². The SMILES string of the molecule is CCC(O)CCNC(C)CCc1ccc(F)cc1. The van der Waals surface area contributed by atoms with Crippen LogP contribution >= 0.6 is 0 Å². The average Bonchev–Trinajstić information content (AvgIpc) is 2.38. The maximum Gasteiger partial charge on any atom is 0.123 e. The summed E-state index contributed by atoms with van der Waals surface area (Å²) in [5, 5.41) is 12.8. The van der Waals surface area contributed by atoms with E-state index in [2.05, 4.69) is 12.2 Å². The van der Waals surface area contributed by atoms with E-state index in [0.717, 1.165) is 32.2 Å². The molecule has 0 amide bonds. The first-order chi connectivity index (χ1) is 8.61. The zero-order chi connectivity index (χ0) is 13.4. The van der Waals surface area contributed by atoms with Gasteiger partial charge in [0.15, 0.2) is 0 Å². The molecule has 2 N–H and O–H groups in total. The third kappa shape index (κ3) is 6.12. The minimum absolute atomic E-state index is 0.182. The minimum atomic E-state index is -0.193. The number of hydrogen-bond donors (Lipinski definition) is 2. The molecule has 0 saturated carbocycles. The van der Waals surface area contributed by atoms with E-state index in [4.69, 9.17) is 0 Å². The fourth-order valence-electron chi connectivity index (χ4n) is 1.84. The van der Waals surface area contributed by atoms with Crippen molar-refractivity contribution in [2.45, 2.75) is 51.7 Å². The summed E-state index contributed by atoms with van der Waals surface area (Å²) in [6.07, 6.45) is 3.39. The van der Waals surface area contributed by atoms with Crippen molar-refractivity contribution < 1.29 is 9.50 Å². The van der Waals surface area contributed by atoms with Crippen molar-refractivity contribution in [3.8, 4) is 0 Å². The summed E-state index contributed by atoms with van der Waals surface area (Å²) in [6, 6.07) is 7.10. The summed E-state index contributed by atoms with van der Waals surface area (Å²) in [4.78, 5) is 0. The molecule has 2 atom stereocenters. The Bertz CT molecular complexity index is 326. The number of aliphatic hydroxyl groups is 1. The Kier molecular flexibility index (Phi) is 6.91. The second kappa shape index (κ2) is 8.22. The maximum atomic E-state index is 12.7. The highest BCUT2D eigenvalue weighted by atomic mass is 19.1. The third-order valence-electron chi connectivity index (χ3n) is 3.22. The standard InChI is InChI=1S/C15H24FNO/c1-3-15(18)10-11-17-12(2)4-5-13-6-8-14(16)9-7-13/h6-9,12,15,17-18H,3-5,10-11H2,1-2H3. The fourth-order valence-corrected chi connectivity index (χ4v) is 1.84. The van der Waals surface area contributed by atoms with Gasteiger partial charge in [-0.2, -0.15) is 0 Å². The van der Waals surface area contributed by atoms with E-state index in [1.54, 1.807) is 0 Å². The van der Waals surface area contributed by atoms with Crippen molar-refractivity contribution in [3.05, 3.63) is 35.6 Å². The van der Waals surface area contributed by atoms with Crippen LogP contribution in [0, 0.1) is 5.82 Å². The summed E-state index contributed by atoms with van der Waals surface area (Å²) in [5.74, 6) is -0.182. The second-order valence-corrected chi connectivity index (χ2v) is 4.87. The van der Waals surface area contributed by atoms with E-state index < -0.39 is 0 Å². The van der Waals surface area contributed by atoms with Gasteiger partial charge in [0.1, 0.15) is 5.82 Å². The monoisotopic (exact) mass is 253 g/mol. The lowest BCUT2D eigenvalue weighted by atomic mass is 10.1. The Hall–Kier alpha value is -0.930. The zero-order valence-corrected chi connectivity index (χ0v) is 11.3.